The predicted octanol–water partition coefficient (Wildman–Crippen LogP) is 9.02. The molecule has 10 aromatic rings. The van der Waals surface area contributed by atoms with Gasteiger partial charge in [0.1, 0.15) is 11.4 Å². The standard InChI is InChI=1S/C30H28N10O3.2C12H12N2.Ru/c1-38-11-10-33-27(38)30(43)37-20-14-24(40(3)16-20)29(42)36-19-13-23(39(2)15-19)28(41)35-17-34-22-12-18-6-4-8-31-25(18)26-21(22)7-5-9-32-26;2*1-9-3-5-13-11(7-9)12-8-10(2)4-6-14-12;/h4-16,34H,17H2,1-3H3,(H,35,41)(H,36,42)(H,37,43);2*3-8H,1-2H3;. The molecule has 1 aromatic carbocycles. The summed E-state index contributed by atoms with van der Waals surface area (Å²) in [5.41, 5.74) is 12.6. The number of imidazole rings is 1. The van der Waals surface area contributed by atoms with E-state index < -0.39 is 5.91 Å². The van der Waals surface area contributed by atoms with Crippen molar-refractivity contribution in [2.24, 2.45) is 21.1 Å². The summed E-state index contributed by atoms with van der Waals surface area (Å²) in [6, 6.07) is 28.9. The number of aryl methyl sites for hydroxylation is 7. The van der Waals surface area contributed by atoms with E-state index in [-0.39, 0.29) is 43.8 Å². The first-order chi connectivity index (χ1) is 34.3. The number of rotatable bonds is 10. The normalized spacial score (nSPS) is 10.5. The van der Waals surface area contributed by atoms with Crippen LogP contribution in [0.2, 0.25) is 0 Å². The molecule has 0 aliphatic rings. The molecule has 0 saturated carbocycles. The maximum atomic E-state index is 13.0. The predicted molar refractivity (Wildman–Crippen MR) is 277 cm³/mol. The van der Waals surface area contributed by atoms with Crippen molar-refractivity contribution < 1.29 is 33.9 Å². The Labute approximate surface area is 429 Å². The topological polar surface area (TPSA) is 204 Å². The molecule has 0 spiro atoms. The molecule has 0 radical (unpaired) electrons. The molecule has 18 heteroatoms. The number of nitrogens with one attached hydrogen (secondary N) is 4. The summed E-state index contributed by atoms with van der Waals surface area (Å²) in [5, 5.41) is 13.6. The number of carbonyl (C=O) groups is 3. The molecule has 0 aliphatic carbocycles. The Morgan fingerprint density at radius 1 is 0.486 bits per heavy atom. The van der Waals surface area contributed by atoms with Gasteiger partial charge in [0.15, 0.2) is 5.82 Å². The zero-order valence-electron chi connectivity index (χ0n) is 40.7. The molecular weight excluding hydrogens is 994 g/mol. The molecule has 4 N–H and O–H groups in total. The summed E-state index contributed by atoms with van der Waals surface area (Å²) in [7, 11) is 5.15. The van der Waals surface area contributed by atoms with Crippen LogP contribution < -0.4 is 21.3 Å². The molecule has 0 aliphatic heterocycles. The van der Waals surface area contributed by atoms with E-state index in [9.17, 15) is 14.4 Å². The molecule has 0 bridgehead atoms. The van der Waals surface area contributed by atoms with Crippen LogP contribution >= 0.6 is 0 Å². The number of carbonyl (C=O) groups excluding carboxylic acids is 3. The first-order valence-electron chi connectivity index (χ1n) is 22.6. The molecule has 3 amide bonds. The van der Waals surface area contributed by atoms with Crippen LogP contribution in [0.4, 0.5) is 17.1 Å². The SMILES string of the molecule is Cc1ccnc(-c2cc(C)ccn2)c1.Cc1ccnc(-c2cc(C)ccn2)c1.Cn1cc(NC(=O)c2cc(NC(=O)c3nccn3C)cn2C)cc1C(=O)NCNc1cc2cccnc2c2ncccc12.[Ru]. The molecule has 9 heterocycles. The summed E-state index contributed by atoms with van der Waals surface area (Å²) < 4.78 is 4.84. The fourth-order valence-electron chi connectivity index (χ4n) is 7.62. The van der Waals surface area contributed by atoms with Gasteiger partial charge in [0.25, 0.3) is 17.7 Å². The minimum atomic E-state index is -0.398. The smallest absolute Gasteiger partial charge is 0.291 e. The number of benzene rings is 1. The summed E-state index contributed by atoms with van der Waals surface area (Å²) in [5.74, 6) is -0.857. The van der Waals surface area contributed by atoms with E-state index in [1.807, 2.05) is 104 Å². The van der Waals surface area contributed by atoms with E-state index in [0.29, 0.717) is 22.8 Å². The van der Waals surface area contributed by atoms with Crippen LogP contribution in [-0.4, -0.2) is 73.0 Å². The largest absolute Gasteiger partial charge is 0.367 e. The fraction of sp³-hybridized carbons (Fsp3) is 0.148. The molecule has 364 valence electrons. The summed E-state index contributed by atoms with van der Waals surface area (Å²) in [6.45, 7) is 8.39. The van der Waals surface area contributed by atoms with Gasteiger partial charge in [-0.1, -0.05) is 6.07 Å². The van der Waals surface area contributed by atoms with Crippen LogP contribution in [0.1, 0.15) is 53.8 Å². The molecule has 0 saturated heterocycles. The molecule has 72 heavy (non-hydrogen) atoms. The number of hydrogen-bond acceptors (Lipinski definition) is 11. The van der Waals surface area contributed by atoms with E-state index in [2.05, 4.69) is 83.8 Å². The van der Waals surface area contributed by atoms with Gasteiger partial charge in [-0.05, 0) is 135 Å². The van der Waals surface area contributed by atoms with Crippen molar-refractivity contribution in [3.05, 3.63) is 192 Å². The van der Waals surface area contributed by atoms with Gasteiger partial charge in [0.05, 0.1) is 51.9 Å². The molecule has 0 fully saturated rings. The second-order valence-corrected chi connectivity index (χ2v) is 16.9. The van der Waals surface area contributed by atoms with E-state index in [0.717, 1.165) is 50.3 Å². The number of aromatic nitrogens is 10. The Morgan fingerprint density at radius 3 is 1.44 bits per heavy atom. The van der Waals surface area contributed by atoms with Gasteiger partial charge in [0.2, 0.25) is 0 Å². The maximum Gasteiger partial charge on any atom is 0.291 e. The van der Waals surface area contributed by atoms with Crippen LogP contribution in [-0.2, 0) is 40.6 Å². The minimum absolute atomic E-state index is 0. The van der Waals surface area contributed by atoms with Crippen molar-refractivity contribution in [1.82, 2.24) is 53.9 Å². The zero-order valence-corrected chi connectivity index (χ0v) is 42.4. The minimum Gasteiger partial charge on any atom is -0.367 e. The fourth-order valence-corrected chi connectivity index (χ4v) is 7.62. The van der Waals surface area contributed by atoms with Gasteiger partial charge in [-0.3, -0.25) is 44.3 Å². The first-order valence-corrected chi connectivity index (χ1v) is 22.6. The maximum absolute atomic E-state index is 13.0. The number of nitrogens with zero attached hydrogens (tertiary/aromatic N) is 10. The third-order valence-corrected chi connectivity index (χ3v) is 11.2. The number of amides is 3. The third kappa shape index (κ3) is 12.5. The van der Waals surface area contributed by atoms with Crippen LogP contribution in [0.25, 0.3) is 44.6 Å². The zero-order chi connectivity index (χ0) is 50.0. The van der Waals surface area contributed by atoms with Crippen LogP contribution in [0.15, 0.2) is 153 Å². The average Bonchev–Trinajstić information content (AvgIpc) is 4.08. The van der Waals surface area contributed by atoms with Gasteiger partial charge in [-0.2, -0.15) is 0 Å². The molecule has 0 unspecified atom stereocenters. The number of pyridine rings is 6. The van der Waals surface area contributed by atoms with Gasteiger partial charge in [0, 0.05) is 119 Å². The summed E-state index contributed by atoms with van der Waals surface area (Å²) >= 11 is 0. The van der Waals surface area contributed by atoms with E-state index in [1.54, 1.807) is 78.0 Å². The van der Waals surface area contributed by atoms with Crippen LogP contribution in [0, 0.1) is 27.7 Å². The molecule has 17 nitrogen and oxygen atoms in total. The van der Waals surface area contributed by atoms with Gasteiger partial charge in [-0.15, -0.1) is 0 Å². The number of hydrogen-bond donors (Lipinski definition) is 4. The molecule has 0 atom stereocenters. The Morgan fingerprint density at radius 2 is 0.958 bits per heavy atom. The second-order valence-electron chi connectivity index (χ2n) is 16.9. The summed E-state index contributed by atoms with van der Waals surface area (Å²) in [6.07, 6.45) is 17.2. The van der Waals surface area contributed by atoms with E-state index >= 15 is 0 Å². The van der Waals surface area contributed by atoms with Crippen molar-refractivity contribution in [2.45, 2.75) is 27.7 Å². The van der Waals surface area contributed by atoms with Crippen molar-refractivity contribution >= 4 is 56.6 Å². The van der Waals surface area contributed by atoms with Crippen LogP contribution in [0.3, 0.4) is 0 Å². The van der Waals surface area contributed by atoms with E-state index in [4.69, 9.17) is 0 Å². The average molecular weight is 1050 g/mol. The third-order valence-electron chi connectivity index (χ3n) is 11.2. The first kappa shape index (κ1) is 51.1. The van der Waals surface area contributed by atoms with Crippen molar-refractivity contribution in [3.63, 3.8) is 0 Å². The monoisotopic (exact) mass is 1050 g/mol. The quantitative estimate of drug-likeness (QED) is 0.0578. The Bertz CT molecular complexity index is 3370. The van der Waals surface area contributed by atoms with Gasteiger partial charge in [-0.25, -0.2) is 4.98 Å². The second kappa shape index (κ2) is 23.2. The van der Waals surface area contributed by atoms with Crippen molar-refractivity contribution in [1.29, 1.82) is 0 Å². The summed E-state index contributed by atoms with van der Waals surface area (Å²) in [4.78, 5) is 68.7. The Kier molecular flexibility index (Phi) is 16.5. The Balaban J connectivity index is 0.000000212. The van der Waals surface area contributed by atoms with Gasteiger partial charge < -0.3 is 35.0 Å². The Hall–Kier alpha value is -8.76. The van der Waals surface area contributed by atoms with Crippen molar-refractivity contribution in [3.8, 4) is 22.8 Å². The molecule has 10 rings (SSSR count). The molecule has 9 aromatic heterocycles. The number of anilines is 3. The van der Waals surface area contributed by atoms with Gasteiger partial charge >= 0.3 is 0 Å². The number of fused-ring (bicyclic) bond motifs is 3. The molecular formula is C54H52N14O3Ru. The van der Waals surface area contributed by atoms with E-state index in [1.165, 1.54) is 28.5 Å². The van der Waals surface area contributed by atoms with Crippen molar-refractivity contribution in [2.75, 3.05) is 22.6 Å². The van der Waals surface area contributed by atoms with Crippen LogP contribution in [0.5, 0.6) is 0 Å².